The molecule has 0 fully saturated rings. The Balaban J connectivity index is 2.11. The van der Waals surface area contributed by atoms with Crippen molar-refractivity contribution in [2.24, 2.45) is 5.92 Å². The summed E-state index contributed by atoms with van der Waals surface area (Å²) in [5.41, 5.74) is 2.61. The van der Waals surface area contributed by atoms with E-state index in [-0.39, 0.29) is 5.56 Å². The Kier molecular flexibility index (Phi) is 4.09. The molecule has 0 aromatic carbocycles. The highest BCUT2D eigenvalue weighted by Gasteiger charge is 2.06. The van der Waals surface area contributed by atoms with Gasteiger partial charge in [-0.15, -0.1) is 11.3 Å². The van der Waals surface area contributed by atoms with Crippen LogP contribution in [0.25, 0.3) is 0 Å². The molecule has 2 rings (SSSR count). The van der Waals surface area contributed by atoms with Crippen LogP contribution >= 0.6 is 11.3 Å². The highest BCUT2D eigenvalue weighted by Crippen LogP contribution is 2.04. The maximum atomic E-state index is 12.1. The number of aromatic nitrogens is 3. The fourth-order valence-electron chi connectivity index (χ4n) is 1.60. The van der Waals surface area contributed by atoms with Crippen LogP contribution in [-0.2, 0) is 13.1 Å². The van der Waals surface area contributed by atoms with Crippen LogP contribution in [0.2, 0.25) is 0 Å². The lowest BCUT2D eigenvalue weighted by molar-refractivity contribution is 0.509. The van der Waals surface area contributed by atoms with Gasteiger partial charge < -0.3 is 9.88 Å². The molecule has 2 aromatic heterocycles. The molecule has 0 unspecified atom stereocenters. The van der Waals surface area contributed by atoms with Crippen molar-refractivity contribution in [1.82, 2.24) is 14.5 Å². The monoisotopic (exact) mass is 264 g/mol. The zero-order chi connectivity index (χ0) is 13.0. The normalized spacial score (nSPS) is 10.8. The lowest BCUT2D eigenvalue weighted by Crippen LogP contribution is -2.25. The van der Waals surface area contributed by atoms with Gasteiger partial charge in [0.1, 0.15) is 0 Å². The summed E-state index contributed by atoms with van der Waals surface area (Å²) in [6.45, 7) is 5.38. The molecular weight excluding hydrogens is 248 g/mol. The first-order valence-corrected chi connectivity index (χ1v) is 6.77. The molecule has 0 bridgehead atoms. The molecule has 2 heterocycles. The molecule has 0 atom stereocenters. The first-order valence-electron chi connectivity index (χ1n) is 5.83. The van der Waals surface area contributed by atoms with E-state index in [0.29, 0.717) is 24.8 Å². The molecule has 6 heteroatoms. The maximum Gasteiger partial charge on any atom is 0.293 e. The van der Waals surface area contributed by atoms with E-state index in [2.05, 4.69) is 29.1 Å². The van der Waals surface area contributed by atoms with Crippen LogP contribution in [0, 0.1) is 5.92 Å². The summed E-state index contributed by atoms with van der Waals surface area (Å²) in [5, 5.41) is 4.98. The Bertz CT molecular complexity index is 547. The average Bonchev–Trinajstić information content (AvgIpc) is 2.83. The van der Waals surface area contributed by atoms with Crippen LogP contribution in [-0.4, -0.2) is 14.5 Å². The number of hydrogen-bond acceptors (Lipinski definition) is 5. The molecule has 0 amide bonds. The Morgan fingerprint density at radius 3 is 2.94 bits per heavy atom. The molecule has 5 nitrogen and oxygen atoms in total. The molecule has 96 valence electrons. The minimum Gasteiger partial charge on any atom is -0.360 e. The van der Waals surface area contributed by atoms with Gasteiger partial charge in [-0.2, -0.15) is 0 Å². The highest BCUT2D eigenvalue weighted by atomic mass is 32.1. The van der Waals surface area contributed by atoms with Crippen molar-refractivity contribution in [3.8, 4) is 0 Å². The van der Waals surface area contributed by atoms with Crippen LogP contribution in [0.5, 0.6) is 0 Å². The van der Waals surface area contributed by atoms with Gasteiger partial charge in [-0.05, 0) is 5.92 Å². The average molecular weight is 264 g/mol. The molecule has 0 saturated heterocycles. The van der Waals surface area contributed by atoms with Crippen molar-refractivity contribution in [2.75, 3.05) is 5.32 Å². The number of rotatable bonds is 5. The van der Waals surface area contributed by atoms with E-state index >= 15 is 0 Å². The lowest BCUT2D eigenvalue weighted by atomic mass is 10.2. The topological polar surface area (TPSA) is 59.8 Å². The predicted octanol–water partition coefficient (Wildman–Crippen LogP) is 1.97. The fraction of sp³-hybridized carbons (Fsp3) is 0.417. The highest BCUT2D eigenvalue weighted by molar-refractivity contribution is 7.07. The summed E-state index contributed by atoms with van der Waals surface area (Å²) in [6.07, 6.45) is 3.36. The summed E-state index contributed by atoms with van der Waals surface area (Å²) in [6, 6.07) is 0. The third kappa shape index (κ3) is 3.16. The molecule has 0 saturated carbocycles. The van der Waals surface area contributed by atoms with E-state index < -0.39 is 0 Å². The lowest BCUT2D eigenvalue weighted by Gasteiger charge is -2.10. The van der Waals surface area contributed by atoms with Gasteiger partial charge in [0, 0.05) is 24.3 Å². The Morgan fingerprint density at radius 2 is 2.28 bits per heavy atom. The third-order valence-electron chi connectivity index (χ3n) is 2.40. The van der Waals surface area contributed by atoms with Gasteiger partial charge in [0.05, 0.1) is 17.7 Å². The summed E-state index contributed by atoms with van der Waals surface area (Å²) >= 11 is 1.54. The first kappa shape index (κ1) is 12.8. The van der Waals surface area contributed by atoms with E-state index in [4.69, 9.17) is 0 Å². The van der Waals surface area contributed by atoms with E-state index in [1.54, 1.807) is 22.5 Å². The van der Waals surface area contributed by atoms with Crippen molar-refractivity contribution in [3.05, 3.63) is 39.3 Å². The molecule has 0 aliphatic rings. The quantitative estimate of drug-likeness (QED) is 0.897. The Labute approximate surface area is 110 Å². The van der Waals surface area contributed by atoms with Crippen LogP contribution in [0.15, 0.2) is 28.1 Å². The number of thiazole rings is 1. The first-order chi connectivity index (χ1) is 8.66. The molecular formula is C12H16N4OS. The van der Waals surface area contributed by atoms with E-state index in [1.807, 2.05) is 5.38 Å². The Morgan fingerprint density at radius 1 is 1.44 bits per heavy atom. The summed E-state index contributed by atoms with van der Waals surface area (Å²) < 4.78 is 1.68. The molecule has 0 aliphatic heterocycles. The molecule has 18 heavy (non-hydrogen) atoms. The van der Waals surface area contributed by atoms with Crippen LogP contribution in [0.4, 0.5) is 5.82 Å². The Hall–Kier alpha value is -1.69. The zero-order valence-electron chi connectivity index (χ0n) is 10.5. The van der Waals surface area contributed by atoms with Crippen LogP contribution in [0.3, 0.4) is 0 Å². The van der Waals surface area contributed by atoms with Gasteiger partial charge in [0.25, 0.3) is 5.56 Å². The maximum absolute atomic E-state index is 12.1. The van der Waals surface area contributed by atoms with Gasteiger partial charge >= 0.3 is 0 Å². The van der Waals surface area contributed by atoms with Crippen molar-refractivity contribution in [3.63, 3.8) is 0 Å². The predicted molar refractivity (Wildman–Crippen MR) is 72.8 cm³/mol. The SMILES string of the molecule is CC(C)Cn1ccnc(NCc2cscn2)c1=O. The van der Waals surface area contributed by atoms with Crippen molar-refractivity contribution >= 4 is 17.2 Å². The van der Waals surface area contributed by atoms with Gasteiger partial charge in [-0.1, -0.05) is 13.8 Å². The second kappa shape index (κ2) is 5.77. The third-order valence-corrected chi connectivity index (χ3v) is 3.03. The van der Waals surface area contributed by atoms with E-state index in [1.165, 1.54) is 11.3 Å². The van der Waals surface area contributed by atoms with Crippen molar-refractivity contribution < 1.29 is 0 Å². The van der Waals surface area contributed by atoms with Gasteiger partial charge in [0.2, 0.25) is 0 Å². The zero-order valence-corrected chi connectivity index (χ0v) is 11.3. The van der Waals surface area contributed by atoms with Gasteiger partial charge in [-0.3, -0.25) is 4.79 Å². The van der Waals surface area contributed by atoms with E-state index in [0.717, 1.165) is 5.69 Å². The number of anilines is 1. The van der Waals surface area contributed by atoms with Crippen molar-refractivity contribution in [2.45, 2.75) is 26.9 Å². The second-order valence-corrected chi connectivity index (χ2v) is 5.18. The summed E-state index contributed by atoms with van der Waals surface area (Å²) in [7, 11) is 0. The van der Waals surface area contributed by atoms with E-state index in [9.17, 15) is 4.79 Å². The van der Waals surface area contributed by atoms with Gasteiger partial charge in [0.15, 0.2) is 5.82 Å². The minimum atomic E-state index is -0.0820. The van der Waals surface area contributed by atoms with Crippen LogP contribution in [0.1, 0.15) is 19.5 Å². The smallest absolute Gasteiger partial charge is 0.293 e. The molecule has 0 spiro atoms. The fourth-order valence-corrected chi connectivity index (χ4v) is 2.16. The summed E-state index contributed by atoms with van der Waals surface area (Å²) in [5.74, 6) is 0.808. The second-order valence-electron chi connectivity index (χ2n) is 4.46. The molecule has 0 radical (unpaired) electrons. The standard InChI is InChI=1S/C12H16N4OS/c1-9(2)6-16-4-3-13-11(12(16)17)14-5-10-7-18-8-15-10/h3-4,7-9H,5-6H2,1-2H3,(H,13,14). The van der Waals surface area contributed by atoms with Gasteiger partial charge in [-0.25, -0.2) is 9.97 Å². The number of nitrogens with zero attached hydrogens (tertiary/aromatic N) is 3. The minimum absolute atomic E-state index is 0.0820. The van der Waals surface area contributed by atoms with Crippen molar-refractivity contribution in [1.29, 1.82) is 0 Å². The largest absolute Gasteiger partial charge is 0.360 e. The molecule has 0 aliphatic carbocycles. The number of hydrogen-bond donors (Lipinski definition) is 1. The van der Waals surface area contributed by atoms with Crippen LogP contribution < -0.4 is 10.9 Å². The molecule has 1 N–H and O–H groups in total. The molecule has 2 aromatic rings. The summed E-state index contributed by atoms with van der Waals surface area (Å²) in [4.78, 5) is 20.3. The number of nitrogens with one attached hydrogen (secondary N) is 1.